The van der Waals surface area contributed by atoms with Gasteiger partial charge in [0.05, 0.1) is 0 Å². The molecule has 0 rings (SSSR count). The molecule has 1 atom stereocenters. The zero-order valence-electron chi connectivity index (χ0n) is 6.02. The Labute approximate surface area is 60.1 Å². The van der Waals surface area contributed by atoms with Crippen LogP contribution in [-0.2, 0) is 0 Å². The minimum Gasteiger partial charge on any atom is -0.396 e. The van der Waals surface area contributed by atoms with E-state index < -0.39 is 12.8 Å². The van der Waals surface area contributed by atoms with Gasteiger partial charge < -0.3 is 5.11 Å². The molecule has 0 saturated heterocycles. The Morgan fingerprint density at radius 3 is 2.40 bits per heavy atom. The standard InChI is InChI=1S/C7H14F2O/c8-6-7(9)4-2-1-3-5-10/h7,10H,1-6H2. The molecule has 0 bridgehead atoms. The van der Waals surface area contributed by atoms with E-state index in [0.29, 0.717) is 12.8 Å². The zero-order chi connectivity index (χ0) is 7.82. The van der Waals surface area contributed by atoms with Crippen LogP contribution in [0.15, 0.2) is 0 Å². The van der Waals surface area contributed by atoms with E-state index in [1.165, 1.54) is 0 Å². The first-order valence-electron chi connectivity index (χ1n) is 3.62. The van der Waals surface area contributed by atoms with Crippen molar-refractivity contribution in [2.45, 2.75) is 31.9 Å². The average molecular weight is 152 g/mol. The Kier molecular flexibility index (Phi) is 6.81. The number of aliphatic hydroxyl groups is 1. The molecule has 0 aliphatic rings. The molecule has 1 N–H and O–H groups in total. The maximum absolute atomic E-state index is 12.1. The summed E-state index contributed by atoms with van der Waals surface area (Å²) in [5.41, 5.74) is 0. The Morgan fingerprint density at radius 1 is 1.20 bits per heavy atom. The van der Waals surface area contributed by atoms with E-state index in [0.717, 1.165) is 6.42 Å². The molecule has 0 radical (unpaired) electrons. The number of hydrogen-bond acceptors (Lipinski definition) is 1. The van der Waals surface area contributed by atoms with E-state index in [1.54, 1.807) is 0 Å². The van der Waals surface area contributed by atoms with Gasteiger partial charge in [-0.2, -0.15) is 0 Å². The third kappa shape index (κ3) is 5.95. The quantitative estimate of drug-likeness (QED) is 0.576. The summed E-state index contributed by atoms with van der Waals surface area (Å²) < 4.78 is 23.6. The molecule has 0 aliphatic carbocycles. The van der Waals surface area contributed by atoms with Crippen LogP contribution in [-0.4, -0.2) is 24.6 Å². The van der Waals surface area contributed by atoms with E-state index in [9.17, 15) is 8.78 Å². The van der Waals surface area contributed by atoms with Gasteiger partial charge in [-0.05, 0) is 12.8 Å². The number of hydrogen-bond donors (Lipinski definition) is 1. The fourth-order valence-electron chi connectivity index (χ4n) is 0.732. The van der Waals surface area contributed by atoms with Crippen molar-refractivity contribution in [2.75, 3.05) is 13.3 Å². The van der Waals surface area contributed by atoms with Crippen LogP contribution in [0.2, 0.25) is 0 Å². The van der Waals surface area contributed by atoms with Crippen molar-refractivity contribution in [1.82, 2.24) is 0 Å². The molecule has 0 fully saturated rings. The lowest BCUT2D eigenvalue weighted by molar-refractivity contribution is 0.235. The number of aliphatic hydroxyl groups excluding tert-OH is 1. The van der Waals surface area contributed by atoms with Crippen molar-refractivity contribution in [3.05, 3.63) is 0 Å². The molecule has 1 unspecified atom stereocenters. The number of rotatable bonds is 6. The predicted octanol–water partition coefficient (Wildman–Crippen LogP) is 1.85. The first kappa shape index (κ1) is 9.82. The molecule has 0 aromatic carbocycles. The highest BCUT2D eigenvalue weighted by molar-refractivity contribution is 4.53. The summed E-state index contributed by atoms with van der Waals surface area (Å²) >= 11 is 0. The lowest BCUT2D eigenvalue weighted by Gasteiger charge is -2.01. The number of unbranched alkanes of at least 4 members (excludes halogenated alkanes) is 2. The SMILES string of the molecule is OCCCCCC(F)CF. The normalized spacial score (nSPS) is 13.5. The van der Waals surface area contributed by atoms with Gasteiger partial charge in [0.1, 0.15) is 12.8 Å². The van der Waals surface area contributed by atoms with Crippen molar-refractivity contribution in [3.8, 4) is 0 Å². The van der Waals surface area contributed by atoms with Crippen molar-refractivity contribution >= 4 is 0 Å². The first-order valence-corrected chi connectivity index (χ1v) is 3.62. The first-order chi connectivity index (χ1) is 4.81. The van der Waals surface area contributed by atoms with E-state index in [4.69, 9.17) is 5.11 Å². The van der Waals surface area contributed by atoms with Crippen LogP contribution in [0.4, 0.5) is 8.78 Å². The van der Waals surface area contributed by atoms with Gasteiger partial charge in [-0.3, -0.25) is 0 Å². The Morgan fingerprint density at radius 2 is 1.90 bits per heavy atom. The lowest BCUT2D eigenvalue weighted by Crippen LogP contribution is -2.01. The fourth-order valence-corrected chi connectivity index (χ4v) is 0.732. The van der Waals surface area contributed by atoms with E-state index in [1.807, 2.05) is 0 Å². The molecular formula is C7H14F2O. The van der Waals surface area contributed by atoms with Gasteiger partial charge in [0, 0.05) is 6.61 Å². The van der Waals surface area contributed by atoms with Crippen LogP contribution in [0.3, 0.4) is 0 Å². The molecule has 0 aromatic rings. The molecule has 0 heterocycles. The van der Waals surface area contributed by atoms with Gasteiger partial charge in [0.15, 0.2) is 0 Å². The maximum Gasteiger partial charge on any atom is 0.128 e. The molecule has 10 heavy (non-hydrogen) atoms. The summed E-state index contributed by atoms with van der Waals surface area (Å²) in [5.74, 6) is 0. The van der Waals surface area contributed by atoms with Gasteiger partial charge in [-0.25, -0.2) is 8.78 Å². The summed E-state index contributed by atoms with van der Waals surface area (Å²) in [6.45, 7) is -0.730. The molecular weight excluding hydrogens is 138 g/mol. The molecule has 1 nitrogen and oxygen atoms in total. The smallest absolute Gasteiger partial charge is 0.128 e. The van der Waals surface area contributed by atoms with E-state index in [-0.39, 0.29) is 13.0 Å². The molecule has 3 heteroatoms. The number of alkyl halides is 2. The van der Waals surface area contributed by atoms with E-state index in [2.05, 4.69) is 0 Å². The van der Waals surface area contributed by atoms with Gasteiger partial charge in [-0.15, -0.1) is 0 Å². The van der Waals surface area contributed by atoms with Crippen LogP contribution in [0.1, 0.15) is 25.7 Å². The van der Waals surface area contributed by atoms with Crippen molar-refractivity contribution in [3.63, 3.8) is 0 Å². The monoisotopic (exact) mass is 152 g/mol. The third-order valence-corrected chi connectivity index (χ3v) is 1.34. The third-order valence-electron chi connectivity index (χ3n) is 1.34. The summed E-state index contributed by atoms with van der Waals surface area (Å²) in [6, 6.07) is 0. The molecule has 0 aliphatic heterocycles. The second-order valence-corrected chi connectivity index (χ2v) is 2.32. The summed E-state index contributed by atoms with van der Waals surface area (Å²) in [7, 11) is 0. The van der Waals surface area contributed by atoms with Gasteiger partial charge in [0.2, 0.25) is 0 Å². The Balaban J connectivity index is 2.89. The molecule has 62 valence electrons. The topological polar surface area (TPSA) is 20.2 Å². The van der Waals surface area contributed by atoms with Gasteiger partial charge in [0.25, 0.3) is 0 Å². The number of halogens is 2. The zero-order valence-corrected chi connectivity index (χ0v) is 6.02. The largest absolute Gasteiger partial charge is 0.396 e. The average Bonchev–Trinajstić information content (AvgIpc) is 1.98. The second-order valence-electron chi connectivity index (χ2n) is 2.32. The maximum atomic E-state index is 12.1. The van der Waals surface area contributed by atoms with Crippen LogP contribution >= 0.6 is 0 Å². The second kappa shape index (κ2) is 6.93. The van der Waals surface area contributed by atoms with E-state index >= 15 is 0 Å². The van der Waals surface area contributed by atoms with Gasteiger partial charge in [-0.1, -0.05) is 12.8 Å². The molecule has 0 saturated carbocycles. The highest BCUT2D eigenvalue weighted by atomic mass is 19.2. The Hall–Kier alpha value is -0.180. The van der Waals surface area contributed by atoms with Crippen molar-refractivity contribution in [2.24, 2.45) is 0 Å². The fraction of sp³-hybridized carbons (Fsp3) is 1.00. The summed E-state index contributed by atoms with van der Waals surface area (Å²) in [5, 5.41) is 8.32. The lowest BCUT2D eigenvalue weighted by atomic mass is 10.1. The minimum absolute atomic E-state index is 0.145. The van der Waals surface area contributed by atoms with Gasteiger partial charge >= 0.3 is 0 Å². The van der Waals surface area contributed by atoms with Crippen LogP contribution in [0.5, 0.6) is 0 Å². The van der Waals surface area contributed by atoms with Crippen molar-refractivity contribution in [1.29, 1.82) is 0 Å². The molecule has 0 spiro atoms. The minimum atomic E-state index is -1.29. The Bertz CT molecular complexity index is 68.6. The van der Waals surface area contributed by atoms with Crippen LogP contribution < -0.4 is 0 Å². The predicted molar refractivity (Wildman–Crippen MR) is 36.4 cm³/mol. The molecule has 0 amide bonds. The van der Waals surface area contributed by atoms with Crippen LogP contribution in [0, 0.1) is 0 Å². The highest BCUT2D eigenvalue weighted by Crippen LogP contribution is 2.06. The summed E-state index contributed by atoms with van der Waals surface area (Å²) in [4.78, 5) is 0. The molecule has 0 aromatic heterocycles. The van der Waals surface area contributed by atoms with Crippen LogP contribution in [0.25, 0.3) is 0 Å². The van der Waals surface area contributed by atoms with Crippen molar-refractivity contribution < 1.29 is 13.9 Å². The highest BCUT2D eigenvalue weighted by Gasteiger charge is 2.03. The summed E-state index contributed by atoms with van der Waals surface area (Å²) in [6.07, 6.45) is 1.15.